The molecule has 1 atom stereocenters. The normalized spacial score (nSPS) is 12.2. The molecular formula is C17H19F2NO. The minimum atomic E-state index is -0.825. The molecule has 0 aromatic heterocycles. The van der Waals surface area contributed by atoms with Crippen LogP contribution in [0.5, 0.6) is 5.75 Å². The molecule has 1 unspecified atom stereocenters. The highest BCUT2D eigenvalue weighted by molar-refractivity contribution is 5.31. The molecular weight excluding hydrogens is 272 g/mol. The van der Waals surface area contributed by atoms with Gasteiger partial charge in [0.15, 0.2) is 11.6 Å². The molecule has 2 aromatic carbocycles. The number of ether oxygens (including phenoxy) is 1. The molecule has 2 aromatic rings. The van der Waals surface area contributed by atoms with Gasteiger partial charge in [-0.15, -0.1) is 0 Å². The van der Waals surface area contributed by atoms with E-state index in [1.165, 1.54) is 6.07 Å². The average Bonchev–Trinajstić information content (AvgIpc) is 2.48. The average molecular weight is 291 g/mol. The zero-order valence-electron chi connectivity index (χ0n) is 12.2. The van der Waals surface area contributed by atoms with Gasteiger partial charge in [-0.2, -0.15) is 0 Å². The van der Waals surface area contributed by atoms with Crippen molar-refractivity contribution >= 4 is 0 Å². The first kappa shape index (κ1) is 15.4. The van der Waals surface area contributed by atoms with Gasteiger partial charge in [-0.25, -0.2) is 8.78 Å². The fourth-order valence-corrected chi connectivity index (χ4v) is 2.05. The number of aryl methyl sites for hydroxylation is 1. The Labute approximate surface area is 123 Å². The van der Waals surface area contributed by atoms with Crippen LogP contribution in [0.2, 0.25) is 0 Å². The molecule has 0 aliphatic heterocycles. The summed E-state index contributed by atoms with van der Waals surface area (Å²) in [7, 11) is 0. The molecule has 1 N–H and O–H groups in total. The van der Waals surface area contributed by atoms with Gasteiger partial charge >= 0.3 is 0 Å². The Morgan fingerprint density at radius 2 is 1.86 bits per heavy atom. The molecule has 2 rings (SSSR count). The van der Waals surface area contributed by atoms with Gasteiger partial charge in [-0.3, -0.25) is 0 Å². The maximum Gasteiger partial charge on any atom is 0.159 e. The lowest BCUT2D eigenvalue weighted by Gasteiger charge is -2.15. The molecule has 112 valence electrons. The van der Waals surface area contributed by atoms with Gasteiger partial charge in [0, 0.05) is 12.6 Å². The second-order valence-electron chi connectivity index (χ2n) is 4.96. The third-order valence-electron chi connectivity index (χ3n) is 3.35. The number of rotatable bonds is 6. The third-order valence-corrected chi connectivity index (χ3v) is 3.35. The lowest BCUT2D eigenvalue weighted by Crippen LogP contribution is -2.24. The van der Waals surface area contributed by atoms with Crippen molar-refractivity contribution in [3.63, 3.8) is 0 Å². The van der Waals surface area contributed by atoms with E-state index >= 15 is 0 Å². The molecule has 0 heterocycles. The van der Waals surface area contributed by atoms with Crippen LogP contribution < -0.4 is 10.1 Å². The van der Waals surface area contributed by atoms with Crippen molar-refractivity contribution in [3.05, 3.63) is 65.2 Å². The first-order valence-electron chi connectivity index (χ1n) is 6.94. The van der Waals surface area contributed by atoms with E-state index in [1.807, 2.05) is 38.1 Å². The summed E-state index contributed by atoms with van der Waals surface area (Å²) in [6, 6.07) is 11.7. The second kappa shape index (κ2) is 7.18. The van der Waals surface area contributed by atoms with Crippen LogP contribution in [0, 0.1) is 18.6 Å². The topological polar surface area (TPSA) is 21.3 Å². The summed E-state index contributed by atoms with van der Waals surface area (Å²) in [5, 5.41) is 3.22. The van der Waals surface area contributed by atoms with Gasteiger partial charge in [0.2, 0.25) is 0 Å². The van der Waals surface area contributed by atoms with Crippen LogP contribution in [-0.4, -0.2) is 13.2 Å². The van der Waals surface area contributed by atoms with Gasteiger partial charge in [-0.05, 0) is 43.2 Å². The molecule has 2 nitrogen and oxygen atoms in total. The molecule has 0 aliphatic carbocycles. The smallest absolute Gasteiger partial charge is 0.159 e. The molecule has 0 saturated heterocycles. The standard InChI is InChI=1S/C17H19F2NO/c1-12-5-3-4-6-17(12)21-10-9-20-13(2)14-7-8-15(18)16(19)11-14/h3-8,11,13,20H,9-10H2,1-2H3. The van der Waals surface area contributed by atoms with E-state index in [-0.39, 0.29) is 6.04 Å². The number of hydrogen-bond donors (Lipinski definition) is 1. The first-order valence-corrected chi connectivity index (χ1v) is 6.94. The summed E-state index contributed by atoms with van der Waals surface area (Å²) in [5.74, 6) is -0.786. The van der Waals surface area contributed by atoms with Crippen molar-refractivity contribution in [1.29, 1.82) is 0 Å². The Hall–Kier alpha value is -1.94. The van der Waals surface area contributed by atoms with Crippen LogP contribution in [0.15, 0.2) is 42.5 Å². The molecule has 21 heavy (non-hydrogen) atoms. The number of hydrogen-bond acceptors (Lipinski definition) is 2. The first-order chi connectivity index (χ1) is 10.1. The van der Waals surface area contributed by atoms with E-state index in [1.54, 1.807) is 6.07 Å². The minimum Gasteiger partial charge on any atom is -0.492 e. The second-order valence-corrected chi connectivity index (χ2v) is 4.96. The predicted octanol–water partition coefficient (Wildman–Crippen LogP) is 4.00. The van der Waals surface area contributed by atoms with Crippen molar-refractivity contribution in [1.82, 2.24) is 5.32 Å². The summed E-state index contributed by atoms with van der Waals surface area (Å²) in [5.41, 5.74) is 1.80. The van der Waals surface area contributed by atoms with E-state index < -0.39 is 11.6 Å². The van der Waals surface area contributed by atoms with Gasteiger partial charge < -0.3 is 10.1 Å². The minimum absolute atomic E-state index is 0.0689. The Balaban J connectivity index is 1.80. The van der Waals surface area contributed by atoms with Crippen molar-refractivity contribution in [2.75, 3.05) is 13.2 Å². The molecule has 0 fully saturated rings. The Morgan fingerprint density at radius 3 is 2.57 bits per heavy atom. The lowest BCUT2D eigenvalue weighted by atomic mass is 10.1. The fraction of sp³-hybridized carbons (Fsp3) is 0.294. The Bertz CT molecular complexity index is 601. The van der Waals surface area contributed by atoms with Gasteiger partial charge in [0.05, 0.1) is 0 Å². The van der Waals surface area contributed by atoms with Crippen LogP contribution in [0.3, 0.4) is 0 Å². The largest absolute Gasteiger partial charge is 0.492 e. The molecule has 0 aliphatic rings. The predicted molar refractivity (Wildman–Crippen MR) is 79.4 cm³/mol. The Morgan fingerprint density at radius 1 is 1.10 bits per heavy atom. The molecule has 0 amide bonds. The van der Waals surface area contributed by atoms with E-state index in [0.29, 0.717) is 18.7 Å². The number of benzene rings is 2. The SMILES string of the molecule is Cc1ccccc1OCCNC(C)c1ccc(F)c(F)c1. The highest BCUT2D eigenvalue weighted by atomic mass is 19.2. The van der Waals surface area contributed by atoms with Gasteiger partial charge in [0.1, 0.15) is 12.4 Å². The summed E-state index contributed by atoms with van der Waals surface area (Å²) in [4.78, 5) is 0. The third kappa shape index (κ3) is 4.26. The van der Waals surface area contributed by atoms with E-state index in [9.17, 15) is 8.78 Å². The van der Waals surface area contributed by atoms with E-state index in [2.05, 4.69) is 5.32 Å². The van der Waals surface area contributed by atoms with Gasteiger partial charge in [0.25, 0.3) is 0 Å². The number of halogens is 2. The summed E-state index contributed by atoms with van der Waals surface area (Å²) < 4.78 is 31.7. The molecule has 0 bridgehead atoms. The maximum absolute atomic E-state index is 13.2. The Kier molecular flexibility index (Phi) is 5.28. The summed E-state index contributed by atoms with van der Waals surface area (Å²) in [6.45, 7) is 5.03. The molecule has 0 radical (unpaired) electrons. The molecule has 0 saturated carbocycles. The van der Waals surface area contributed by atoms with Crippen molar-refractivity contribution in [2.45, 2.75) is 19.9 Å². The number of para-hydroxylation sites is 1. The van der Waals surface area contributed by atoms with Crippen LogP contribution in [-0.2, 0) is 0 Å². The van der Waals surface area contributed by atoms with Crippen molar-refractivity contribution in [2.24, 2.45) is 0 Å². The fourth-order valence-electron chi connectivity index (χ4n) is 2.05. The zero-order valence-corrected chi connectivity index (χ0v) is 12.2. The zero-order chi connectivity index (χ0) is 15.2. The monoisotopic (exact) mass is 291 g/mol. The van der Waals surface area contributed by atoms with Crippen LogP contribution in [0.25, 0.3) is 0 Å². The number of nitrogens with one attached hydrogen (secondary N) is 1. The summed E-state index contributed by atoms with van der Waals surface area (Å²) in [6.07, 6.45) is 0. The van der Waals surface area contributed by atoms with E-state index in [0.717, 1.165) is 17.4 Å². The van der Waals surface area contributed by atoms with E-state index in [4.69, 9.17) is 4.74 Å². The highest BCUT2D eigenvalue weighted by Gasteiger charge is 2.08. The molecule has 0 spiro atoms. The van der Waals surface area contributed by atoms with Crippen LogP contribution in [0.1, 0.15) is 24.1 Å². The van der Waals surface area contributed by atoms with Crippen LogP contribution in [0.4, 0.5) is 8.78 Å². The highest BCUT2D eigenvalue weighted by Crippen LogP contribution is 2.17. The quantitative estimate of drug-likeness (QED) is 0.812. The van der Waals surface area contributed by atoms with Crippen LogP contribution >= 0.6 is 0 Å². The summed E-state index contributed by atoms with van der Waals surface area (Å²) >= 11 is 0. The maximum atomic E-state index is 13.2. The molecule has 4 heteroatoms. The van der Waals surface area contributed by atoms with Crippen molar-refractivity contribution < 1.29 is 13.5 Å². The van der Waals surface area contributed by atoms with Crippen molar-refractivity contribution in [3.8, 4) is 5.75 Å². The lowest BCUT2D eigenvalue weighted by molar-refractivity contribution is 0.305. The van der Waals surface area contributed by atoms with Gasteiger partial charge in [-0.1, -0.05) is 24.3 Å².